The second kappa shape index (κ2) is 17.9. The Bertz CT molecular complexity index is 1630. The molecule has 0 saturated heterocycles. The van der Waals surface area contributed by atoms with Crippen LogP contribution in [-0.2, 0) is 52.9 Å². The third-order valence-corrected chi connectivity index (χ3v) is 17.4. The summed E-state index contributed by atoms with van der Waals surface area (Å²) in [6.45, 7) is 48.1. The summed E-state index contributed by atoms with van der Waals surface area (Å²) in [6, 6.07) is 23.6. The predicted molar refractivity (Wildman–Crippen MR) is 235 cm³/mol. The summed E-state index contributed by atoms with van der Waals surface area (Å²) in [5, 5.41) is 6.24. The summed E-state index contributed by atoms with van der Waals surface area (Å²) in [7, 11) is -3.03. The van der Waals surface area contributed by atoms with E-state index in [0.29, 0.717) is 5.92 Å². The largest absolute Gasteiger partial charge is 1.00 e. The van der Waals surface area contributed by atoms with Crippen LogP contribution in [0, 0.1) is 5.92 Å². The van der Waals surface area contributed by atoms with E-state index in [1.165, 1.54) is 48.9 Å². The normalized spacial score (nSPS) is 15.1. The van der Waals surface area contributed by atoms with Gasteiger partial charge in [0.15, 0.2) is 0 Å². The van der Waals surface area contributed by atoms with Crippen LogP contribution in [0.2, 0.25) is 0 Å². The van der Waals surface area contributed by atoms with Crippen LogP contribution in [0.25, 0.3) is 0 Å². The molecule has 0 saturated carbocycles. The molecule has 4 rings (SSSR count). The van der Waals surface area contributed by atoms with Gasteiger partial charge in [-0.2, -0.15) is 0 Å². The molecule has 0 radical (unpaired) electrons. The fourth-order valence-corrected chi connectivity index (χ4v) is 14.1. The van der Waals surface area contributed by atoms with Crippen molar-refractivity contribution in [2.45, 2.75) is 184 Å². The summed E-state index contributed by atoms with van der Waals surface area (Å²) in [6.07, 6.45) is 4.87. The van der Waals surface area contributed by atoms with Crippen LogP contribution in [0.3, 0.4) is 0 Å². The van der Waals surface area contributed by atoms with Gasteiger partial charge in [0.2, 0.25) is 0 Å². The molecule has 0 bridgehead atoms. The van der Waals surface area contributed by atoms with Crippen molar-refractivity contribution in [3.63, 3.8) is 0 Å². The van der Waals surface area contributed by atoms with Gasteiger partial charge in [0.05, 0.1) is 0 Å². The van der Waals surface area contributed by atoms with E-state index in [9.17, 15) is 0 Å². The van der Waals surface area contributed by atoms with Gasteiger partial charge in [-0.1, -0.05) is 0 Å². The molecule has 0 spiro atoms. The van der Waals surface area contributed by atoms with Crippen molar-refractivity contribution in [3.8, 4) is 0 Å². The van der Waals surface area contributed by atoms with Crippen molar-refractivity contribution in [2.75, 3.05) is 0 Å². The average Bonchev–Trinajstić information content (AvgIpc) is 3.39. The number of allylic oxidation sites excluding steroid dienone is 4. The first-order chi connectivity index (χ1) is 23.8. The first kappa shape index (κ1) is 53.0. The summed E-state index contributed by atoms with van der Waals surface area (Å²) in [5.74, 6) is 0.476. The van der Waals surface area contributed by atoms with Crippen LogP contribution in [0.5, 0.6) is 0 Å². The maximum absolute atomic E-state index is 3.03. The fourth-order valence-electron chi connectivity index (χ4n) is 7.81. The predicted octanol–water partition coefficient (Wildman–Crippen LogP) is 3.67. The number of halogens is 3. The first-order valence-corrected chi connectivity index (χ1v) is 23.3. The van der Waals surface area contributed by atoms with Gasteiger partial charge in [0.1, 0.15) is 0 Å². The van der Waals surface area contributed by atoms with E-state index < -0.39 is 8.07 Å². The van der Waals surface area contributed by atoms with Crippen LogP contribution in [0.15, 0.2) is 75.3 Å². The van der Waals surface area contributed by atoms with Crippen molar-refractivity contribution in [3.05, 3.63) is 109 Å². The molecule has 1 atom stereocenters. The quantitative estimate of drug-likeness (QED) is 0.263. The molecular weight excluding hydrogens is 795 g/mol. The van der Waals surface area contributed by atoms with E-state index in [1.807, 2.05) is 0 Å². The Morgan fingerprint density at radius 2 is 0.696 bits per heavy atom. The molecule has 0 amide bonds. The zero-order chi connectivity index (χ0) is 40.5. The van der Waals surface area contributed by atoms with Crippen molar-refractivity contribution in [1.82, 2.24) is 0 Å². The van der Waals surface area contributed by atoms with Gasteiger partial charge in [-0.05, 0) is 0 Å². The molecular formula is C51H75Cl3SiTi. The molecule has 56 heavy (non-hydrogen) atoms. The summed E-state index contributed by atoms with van der Waals surface area (Å²) >= 11 is 2.43. The first-order valence-electron chi connectivity index (χ1n) is 20.5. The van der Waals surface area contributed by atoms with Gasteiger partial charge < -0.3 is 37.2 Å². The topological polar surface area (TPSA) is 0 Å². The van der Waals surface area contributed by atoms with E-state index in [2.05, 4.69) is 220 Å². The Kier molecular flexibility index (Phi) is 16.9. The molecule has 5 heteroatoms. The summed E-state index contributed by atoms with van der Waals surface area (Å²) in [5.41, 5.74) is 10.2. The van der Waals surface area contributed by atoms with E-state index in [0.717, 1.165) is 12.8 Å². The maximum Gasteiger partial charge on any atom is -1.00 e. The molecule has 1 aliphatic rings. The van der Waals surface area contributed by atoms with Gasteiger partial charge in [0, 0.05) is 0 Å². The van der Waals surface area contributed by atoms with Crippen LogP contribution in [-0.4, -0.2) is 8.07 Å². The SMILES string of the molecule is CCC(C)C1=[C]([Ti+3])CC=C1[Si](c1cc(C(C)(C)C)cc(C(C)(C)C)c1)(c1cc(C(C)(C)C)cc(C(C)(C)C)c1)c1cc(C(C)(C)C)cc(C(C)(C)C)c1.[Cl-].[Cl-].[Cl-]. The van der Waals surface area contributed by atoms with Crippen LogP contribution in [0.1, 0.15) is 185 Å². The Morgan fingerprint density at radius 1 is 0.464 bits per heavy atom. The number of hydrogen-bond acceptors (Lipinski definition) is 0. The van der Waals surface area contributed by atoms with Crippen molar-refractivity contribution in [1.29, 1.82) is 0 Å². The molecule has 3 aromatic carbocycles. The van der Waals surface area contributed by atoms with Gasteiger partial charge >= 0.3 is 342 Å². The summed E-state index contributed by atoms with van der Waals surface area (Å²) < 4.78 is 1.56. The Morgan fingerprint density at radius 3 is 0.893 bits per heavy atom. The molecule has 308 valence electrons. The van der Waals surface area contributed by atoms with Crippen molar-refractivity contribution in [2.24, 2.45) is 5.92 Å². The second-order valence-corrected chi connectivity index (χ2v) is 27.4. The Labute approximate surface area is 377 Å². The maximum atomic E-state index is 2.70. The van der Waals surface area contributed by atoms with E-state index in [1.54, 1.807) is 14.6 Å². The third kappa shape index (κ3) is 11.0. The molecule has 0 N–H and O–H groups in total. The average molecular weight is 870 g/mol. The molecule has 1 unspecified atom stereocenters. The van der Waals surface area contributed by atoms with E-state index in [4.69, 9.17) is 0 Å². The van der Waals surface area contributed by atoms with Crippen LogP contribution in [0.4, 0.5) is 0 Å². The number of benzene rings is 3. The molecule has 1 aliphatic carbocycles. The van der Waals surface area contributed by atoms with Crippen molar-refractivity contribution < 1.29 is 57.7 Å². The van der Waals surface area contributed by atoms with E-state index >= 15 is 0 Å². The zero-order valence-electron chi connectivity index (χ0n) is 38.9. The molecule has 3 aromatic rings. The molecule has 0 aliphatic heterocycles. The van der Waals surface area contributed by atoms with Crippen LogP contribution >= 0.6 is 0 Å². The number of hydrogen-bond donors (Lipinski definition) is 0. The molecule has 0 nitrogen and oxygen atoms in total. The van der Waals surface area contributed by atoms with E-state index in [-0.39, 0.29) is 69.7 Å². The smallest absolute Gasteiger partial charge is 1.00 e. The molecule has 0 fully saturated rings. The third-order valence-electron chi connectivity index (χ3n) is 11.9. The zero-order valence-corrected chi connectivity index (χ0v) is 43.7. The van der Waals surface area contributed by atoms with Crippen LogP contribution < -0.4 is 52.8 Å². The minimum atomic E-state index is -3.03. The minimum absolute atomic E-state index is 0. The Hall–Kier alpha value is -1.06. The van der Waals surface area contributed by atoms with Gasteiger partial charge in [-0.3, -0.25) is 0 Å². The number of rotatable bonds is 6. The minimum Gasteiger partial charge on any atom is -1.00 e. The van der Waals surface area contributed by atoms with Crippen molar-refractivity contribution >= 4 is 23.6 Å². The summed E-state index contributed by atoms with van der Waals surface area (Å²) in [4.78, 5) is 0. The van der Waals surface area contributed by atoms with Gasteiger partial charge in [-0.25, -0.2) is 0 Å². The monoisotopic (exact) mass is 868 g/mol. The Balaban J connectivity index is 0.00000523. The molecule has 0 aromatic heterocycles. The fraction of sp³-hybridized carbons (Fsp3) is 0.569. The molecule has 0 heterocycles. The van der Waals surface area contributed by atoms with Gasteiger partial charge in [0.25, 0.3) is 0 Å². The standard InChI is InChI=1S/C51H75Si.3ClH.Ti/c1-21-34(2)44-23-22-24-45(44)52(41-28-35(46(3,4)5)25-36(29-41)47(6,7)8,42-30-37(48(9,10)11)26-38(31-42)49(12,13)14)43-32-39(50(15,16)17)27-40(33-43)51(18,19)20;;;;/h24-34H,21-22H2,1-20H3;3*1H;/q;;;;+3/p-3. The van der Waals surface area contributed by atoms with Gasteiger partial charge in [-0.15, -0.1) is 0 Å². The second-order valence-electron chi connectivity index (χ2n) is 22.7.